The monoisotopic (exact) mass is 403 g/mol. The van der Waals surface area contributed by atoms with E-state index in [0.29, 0.717) is 21.5 Å². The van der Waals surface area contributed by atoms with Crippen LogP contribution in [0.2, 0.25) is 0 Å². The van der Waals surface area contributed by atoms with Gasteiger partial charge in [0, 0.05) is 11.9 Å². The number of anilines is 1. The second-order valence-corrected chi connectivity index (χ2v) is 6.00. The van der Waals surface area contributed by atoms with Gasteiger partial charge < -0.3 is 14.5 Å². The number of hydrogen-bond acceptors (Lipinski definition) is 4. The largest absolute Gasteiger partial charge is 0.494 e. The molecule has 0 saturated carbocycles. The van der Waals surface area contributed by atoms with E-state index in [1.807, 2.05) is 6.07 Å². The van der Waals surface area contributed by atoms with Crippen LogP contribution in [0.15, 0.2) is 30.3 Å². The van der Waals surface area contributed by atoms with E-state index >= 15 is 0 Å². The fraction of sp³-hybridized carbons (Fsp3) is 0.357. The van der Waals surface area contributed by atoms with Crippen molar-refractivity contribution < 1.29 is 9.15 Å². The Morgan fingerprint density at radius 2 is 2.10 bits per heavy atom. The zero-order valence-corrected chi connectivity index (χ0v) is 14.4. The zero-order chi connectivity index (χ0) is 14.7. The van der Waals surface area contributed by atoms with Crippen LogP contribution >= 0.6 is 31.9 Å². The van der Waals surface area contributed by atoms with Crippen LogP contribution < -0.4 is 15.7 Å². The van der Waals surface area contributed by atoms with Crippen LogP contribution in [0.5, 0.6) is 5.75 Å². The van der Waals surface area contributed by atoms with E-state index in [0.717, 1.165) is 29.2 Å². The van der Waals surface area contributed by atoms with Crippen LogP contribution in [0.25, 0.3) is 11.0 Å². The summed E-state index contributed by atoms with van der Waals surface area (Å²) in [6.07, 6.45) is 2.08. The summed E-state index contributed by atoms with van der Waals surface area (Å²) < 4.78 is 12.1. The molecule has 108 valence electrons. The van der Waals surface area contributed by atoms with Gasteiger partial charge in [0.25, 0.3) is 0 Å². The third-order valence-electron chi connectivity index (χ3n) is 2.92. The predicted octanol–water partition coefficient (Wildman–Crippen LogP) is 4.54. The number of ether oxygens (including phenoxy) is 1. The summed E-state index contributed by atoms with van der Waals surface area (Å²) in [7, 11) is 1.56. The van der Waals surface area contributed by atoms with Gasteiger partial charge in [-0.05, 0) is 50.4 Å². The van der Waals surface area contributed by atoms with Gasteiger partial charge in [-0.1, -0.05) is 13.3 Å². The van der Waals surface area contributed by atoms with Crippen LogP contribution in [0.1, 0.15) is 19.8 Å². The van der Waals surface area contributed by atoms with Crippen LogP contribution in [-0.4, -0.2) is 13.7 Å². The molecule has 0 fully saturated rings. The Morgan fingerprint density at radius 3 is 2.75 bits per heavy atom. The lowest BCUT2D eigenvalue weighted by Gasteiger charge is -2.10. The first-order chi connectivity index (χ1) is 9.58. The molecular formula is C14H15Br2NO3. The van der Waals surface area contributed by atoms with Gasteiger partial charge in [0.2, 0.25) is 0 Å². The Bertz CT molecular complexity index is 682. The number of methoxy groups -OCH3 is 1. The van der Waals surface area contributed by atoms with Crippen molar-refractivity contribution in [2.45, 2.75) is 19.8 Å². The number of nitrogens with one attached hydrogen (secondary N) is 1. The number of rotatable bonds is 5. The topological polar surface area (TPSA) is 51.5 Å². The molecule has 0 saturated heterocycles. The van der Waals surface area contributed by atoms with E-state index in [9.17, 15) is 4.79 Å². The van der Waals surface area contributed by atoms with Gasteiger partial charge in [-0.25, -0.2) is 4.79 Å². The standard InChI is InChI=1S/C14H15Br2NO3/c1-3-4-5-17-10-7-8-6-9(15)13(19-2)11(16)12(8)20-14(10)18/h6-7,17H,3-5H2,1-2H3. The minimum atomic E-state index is -0.376. The molecule has 0 aliphatic rings. The smallest absolute Gasteiger partial charge is 0.359 e. The number of halogens is 2. The molecule has 0 bridgehead atoms. The summed E-state index contributed by atoms with van der Waals surface area (Å²) in [5.41, 5.74) is 0.588. The van der Waals surface area contributed by atoms with Crippen LogP contribution in [0.4, 0.5) is 5.69 Å². The highest BCUT2D eigenvalue weighted by molar-refractivity contribution is 9.11. The first-order valence-electron chi connectivity index (χ1n) is 6.32. The van der Waals surface area contributed by atoms with E-state index in [4.69, 9.17) is 9.15 Å². The molecule has 6 heteroatoms. The van der Waals surface area contributed by atoms with E-state index in [-0.39, 0.29) is 5.63 Å². The average Bonchev–Trinajstić information content (AvgIpc) is 2.41. The second-order valence-electron chi connectivity index (χ2n) is 4.35. The molecule has 20 heavy (non-hydrogen) atoms. The average molecular weight is 405 g/mol. The molecule has 1 N–H and O–H groups in total. The maximum atomic E-state index is 12.0. The Morgan fingerprint density at radius 1 is 1.35 bits per heavy atom. The Kier molecular flexibility index (Phi) is 5.10. The SMILES string of the molecule is CCCCNc1cc2cc(Br)c(OC)c(Br)c2oc1=O. The lowest BCUT2D eigenvalue weighted by atomic mass is 10.2. The predicted molar refractivity (Wildman–Crippen MR) is 87.8 cm³/mol. The van der Waals surface area contributed by atoms with Crippen LogP contribution in [0.3, 0.4) is 0 Å². The van der Waals surface area contributed by atoms with Crippen LogP contribution in [0, 0.1) is 0 Å². The fourth-order valence-corrected chi connectivity index (χ4v) is 3.44. The molecule has 0 radical (unpaired) electrons. The number of benzene rings is 1. The normalized spacial score (nSPS) is 10.8. The highest BCUT2D eigenvalue weighted by atomic mass is 79.9. The van der Waals surface area contributed by atoms with Gasteiger partial charge in [-0.15, -0.1) is 0 Å². The quantitative estimate of drug-likeness (QED) is 0.587. The van der Waals surface area contributed by atoms with E-state index in [1.165, 1.54) is 0 Å². The van der Waals surface area contributed by atoms with Crippen molar-refractivity contribution in [1.82, 2.24) is 0 Å². The summed E-state index contributed by atoms with van der Waals surface area (Å²) in [5, 5.41) is 3.93. The molecule has 4 nitrogen and oxygen atoms in total. The van der Waals surface area contributed by atoms with Crippen molar-refractivity contribution in [1.29, 1.82) is 0 Å². The molecule has 1 aromatic carbocycles. The van der Waals surface area contributed by atoms with Crippen molar-refractivity contribution in [3.63, 3.8) is 0 Å². The van der Waals surface area contributed by atoms with Crippen molar-refractivity contribution in [2.24, 2.45) is 0 Å². The van der Waals surface area contributed by atoms with E-state index in [2.05, 4.69) is 44.1 Å². The number of fused-ring (bicyclic) bond motifs is 1. The molecule has 1 heterocycles. The molecule has 2 rings (SSSR count). The van der Waals surface area contributed by atoms with Crippen molar-refractivity contribution in [3.8, 4) is 5.75 Å². The van der Waals surface area contributed by atoms with Gasteiger partial charge in [-0.2, -0.15) is 0 Å². The second kappa shape index (κ2) is 6.63. The van der Waals surface area contributed by atoms with E-state index in [1.54, 1.807) is 13.2 Å². The third kappa shape index (κ3) is 3.01. The lowest BCUT2D eigenvalue weighted by Crippen LogP contribution is -2.11. The first-order valence-corrected chi connectivity index (χ1v) is 7.90. The van der Waals surface area contributed by atoms with Gasteiger partial charge >= 0.3 is 5.63 Å². The van der Waals surface area contributed by atoms with Gasteiger partial charge in [0.15, 0.2) is 11.3 Å². The minimum absolute atomic E-state index is 0.376. The van der Waals surface area contributed by atoms with Gasteiger partial charge in [0.1, 0.15) is 10.2 Å². The minimum Gasteiger partial charge on any atom is -0.494 e. The van der Waals surface area contributed by atoms with Crippen LogP contribution in [-0.2, 0) is 0 Å². The fourth-order valence-electron chi connectivity index (χ4n) is 1.89. The molecular weight excluding hydrogens is 390 g/mol. The molecule has 0 aliphatic heterocycles. The molecule has 1 aromatic heterocycles. The van der Waals surface area contributed by atoms with Gasteiger partial charge in [0.05, 0.1) is 11.6 Å². The van der Waals surface area contributed by atoms with E-state index < -0.39 is 0 Å². The van der Waals surface area contributed by atoms with Crippen molar-refractivity contribution >= 4 is 48.5 Å². The Hall–Kier alpha value is -1.01. The highest BCUT2D eigenvalue weighted by Gasteiger charge is 2.14. The summed E-state index contributed by atoms with van der Waals surface area (Å²) in [6.45, 7) is 2.86. The summed E-state index contributed by atoms with van der Waals surface area (Å²) in [5.74, 6) is 0.604. The maximum Gasteiger partial charge on any atom is 0.359 e. The molecule has 0 amide bonds. The number of unbranched alkanes of at least 4 members (excludes halogenated alkanes) is 1. The maximum absolute atomic E-state index is 12.0. The third-order valence-corrected chi connectivity index (χ3v) is 4.23. The highest BCUT2D eigenvalue weighted by Crippen LogP contribution is 2.39. The molecule has 0 spiro atoms. The molecule has 0 aliphatic carbocycles. The molecule has 0 atom stereocenters. The Balaban J connectivity index is 2.52. The van der Waals surface area contributed by atoms with Gasteiger partial charge in [-0.3, -0.25) is 0 Å². The molecule has 2 aromatic rings. The summed E-state index contributed by atoms with van der Waals surface area (Å²) in [4.78, 5) is 12.0. The molecule has 0 unspecified atom stereocenters. The first kappa shape index (κ1) is 15.4. The summed E-state index contributed by atoms with van der Waals surface area (Å²) in [6, 6.07) is 3.67. The van der Waals surface area contributed by atoms with Crippen molar-refractivity contribution in [3.05, 3.63) is 31.5 Å². The Labute approximate surface area is 133 Å². The summed E-state index contributed by atoms with van der Waals surface area (Å²) >= 11 is 6.85. The lowest BCUT2D eigenvalue weighted by molar-refractivity contribution is 0.408. The van der Waals surface area contributed by atoms with Crippen molar-refractivity contribution in [2.75, 3.05) is 19.0 Å². The zero-order valence-electron chi connectivity index (χ0n) is 11.3. The number of hydrogen-bond donors (Lipinski definition) is 1.